The monoisotopic (exact) mass is 262 g/mol. The maximum absolute atomic E-state index is 12.2. The molecular formula is C11H14N6O2. The highest BCUT2D eigenvalue weighted by molar-refractivity contribution is 6.03. The molecule has 0 bridgehead atoms. The summed E-state index contributed by atoms with van der Waals surface area (Å²) in [4.78, 5) is 13.4. The molecule has 0 unspecified atom stereocenters. The number of hydrogen-bond acceptors (Lipinski definition) is 7. The van der Waals surface area contributed by atoms with Crippen LogP contribution in [0.4, 0.5) is 5.95 Å². The molecule has 0 fully saturated rings. The molecule has 100 valence electrons. The standard InChI is InChI=1S/C11H14N6O2/c1-11(2)3-7(18)9(8(19)4-11)6-5-12-17-10(13-6)14-15-16-17/h5-6,18H,3-4H2,1-2H3,(H,13,14,16)/t6-/m0/s1. The van der Waals surface area contributed by atoms with E-state index in [1.165, 1.54) is 11.0 Å². The van der Waals surface area contributed by atoms with Crippen LogP contribution in [-0.2, 0) is 4.79 Å². The molecule has 19 heavy (non-hydrogen) atoms. The first-order chi connectivity index (χ1) is 8.96. The van der Waals surface area contributed by atoms with Crippen LogP contribution >= 0.6 is 0 Å². The normalized spacial score (nSPS) is 25.2. The third-order valence-electron chi connectivity index (χ3n) is 3.27. The molecule has 0 saturated carbocycles. The second-order valence-corrected chi connectivity index (χ2v) is 5.58. The van der Waals surface area contributed by atoms with Crippen LogP contribution < -0.4 is 5.32 Å². The molecule has 0 aromatic carbocycles. The molecule has 2 heterocycles. The predicted molar refractivity (Wildman–Crippen MR) is 66.8 cm³/mol. The van der Waals surface area contributed by atoms with Gasteiger partial charge in [-0.2, -0.15) is 5.10 Å². The van der Waals surface area contributed by atoms with Gasteiger partial charge in [0.2, 0.25) is 0 Å². The summed E-state index contributed by atoms with van der Waals surface area (Å²) in [5.74, 6) is 0.398. The van der Waals surface area contributed by atoms with Crippen molar-refractivity contribution in [3.63, 3.8) is 0 Å². The minimum atomic E-state index is -0.484. The maximum atomic E-state index is 12.2. The number of aliphatic hydroxyl groups is 1. The van der Waals surface area contributed by atoms with Crippen LogP contribution in [0.15, 0.2) is 16.4 Å². The van der Waals surface area contributed by atoms with E-state index in [9.17, 15) is 9.90 Å². The number of allylic oxidation sites excluding steroid dienone is 1. The van der Waals surface area contributed by atoms with Crippen LogP contribution in [0.3, 0.4) is 0 Å². The number of hydrogen-bond donors (Lipinski definition) is 2. The minimum absolute atomic E-state index is 0.0707. The molecule has 0 spiro atoms. The Balaban J connectivity index is 1.93. The molecule has 2 N–H and O–H groups in total. The summed E-state index contributed by atoms with van der Waals surface area (Å²) < 4.78 is 0. The Labute approximate surface area is 109 Å². The number of nitrogens with one attached hydrogen (secondary N) is 1. The van der Waals surface area contributed by atoms with Crippen molar-refractivity contribution in [2.24, 2.45) is 10.5 Å². The zero-order valence-electron chi connectivity index (χ0n) is 10.7. The van der Waals surface area contributed by atoms with Gasteiger partial charge in [-0.1, -0.05) is 23.7 Å². The number of Topliss-reactive ketones (excluding diaryl/α,β-unsaturated/α-hetero) is 1. The number of fused-ring (bicyclic) bond motifs is 1. The first-order valence-corrected chi connectivity index (χ1v) is 6.01. The van der Waals surface area contributed by atoms with Gasteiger partial charge in [-0.05, 0) is 15.8 Å². The van der Waals surface area contributed by atoms with Crippen molar-refractivity contribution in [3.8, 4) is 0 Å². The Kier molecular flexibility index (Phi) is 2.41. The Morgan fingerprint density at radius 1 is 1.47 bits per heavy atom. The number of nitrogens with zero attached hydrogens (tertiary/aromatic N) is 5. The third-order valence-corrected chi connectivity index (χ3v) is 3.27. The van der Waals surface area contributed by atoms with Gasteiger partial charge in [0.25, 0.3) is 5.95 Å². The highest BCUT2D eigenvalue weighted by atomic mass is 16.3. The van der Waals surface area contributed by atoms with Gasteiger partial charge in [0.05, 0.1) is 17.8 Å². The number of ketones is 1. The van der Waals surface area contributed by atoms with Gasteiger partial charge in [0.15, 0.2) is 5.78 Å². The Bertz CT molecular complexity index is 600. The molecule has 1 aliphatic carbocycles. The topological polar surface area (TPSA) is 105 Å². The minimum Gasteiger partial charge on any atom is -0.512 e. The first-order valence-electron chi connectivity index (χ1n) is 6.01. The maximum Gasteiger partial charge on any atom is 0.266 e. The molecule has 0 amide bonds. The number of aromatic nitrogens is 4. The molecule has 1 aromatic rings. The molecular weight excluding hydrogens is 248 g/mol. The lowest BCUT2D eigenvalue weighted by molar-refractivity contribution is -0.118. The number of aliphatic hydroxyl groups excluding tert-OH is 1. The molecule has 8 nitrogen and oxygen atoms in total. The quantitative estimate of drug-likeness (QED) is 0.763. The SMILES string of the molecule is CC1(C)CC(=O)C([C@@H]2C=Nn3nnnc3N2)=C(O)C1. The lowest BCUT2D eigenvalue weighted by atomic mass is 9.75. The van der Waals surface area contributed by atoms with Crippen LogP contribution in [0, 0.1) is 5.41 Å². The van der Waals surface area contributed by atoms with E-state index in [1.807, 2.05) is 13.8 Å². The first kappa shape index (κ1) is 11.8. The Morgan fingerprint density at radius 3 is 3.00 bits per heavy atom. The Hall–Kier alpha value is -2.25. The fourth-order valence-electron chi connectivity index (χ4n) is 2.45. The molecule has 3 rings (SSSR count). The Morgan fingerprint density at radius 2 is 2.26 bits per heavy atom. The van der Waals surface area contributed by atoms with E-state index in [4.69, 9.17) is 0 Å². The third kappa shape index (κ3) is 1.98. The van der Waals surface area contributed by atoms with E-state index in [2.05, 4.69) is 25.9 Å². The summed E-state index contributed by atoms with van der Waals surface area (Å²) in [7, 11) is 0. The van der Waals surface area contributed by atoms with Crippen LogP contribution in [0.1, 0.15) is 26.7 Å². The summed E-state index contributed by atoms with van der Waals surface area (Å²) in [5.41, 5.74) is 0.148. The summed E-state index contributed by atoms with van der Waals surface area (Å²) in [6.07, 6.45) is 2.40. The van der Waals surface area contributed by atoms with Crippen LogP contribution in [0.2, 0.25) is 0 Å². The molecule has 1 aromatic heterocycles. The molecule has 8 heteroatoms. The number of carbonyl (C=O) groups is 1. The summed E-state index contributed by atoms with van der Waals surface area (Å²) in [5, 5.41) is 27.9. The van der Waals surface area contributed by atoms with Crippen molar-refractivity contribution in [2.75, 3.05) is 5.32 Å². The smallest absolute Gasteiger partial charge is 0.266 e. The highest BCUT2D eigenvalue weighted by Crippen LogP contribution is 2.37. The lowest BCUT2D eigenvalue weighted by Crippen LogP contribution is -2.37. The highest BCUT2D eigenvalue weighted by Gasteiger charge is 2.37. The average molecular weight is 262 g/mol. The zero-order chi connectivity index (χ0) is 13.6. The van der Waals surface area contributed by atoms with Gasteiger partial charge < -0.3 is 10.4 Å². The number of rotatable bonds is 1. The fraction of sp³-hybridized carbons (Fsp3) is 0.545. The summed E-state index contributed by atoms with van der Waals surface area (Å²) >= 11 is 0. The van der Waals surface area contributed by atoms with Crippen LogP contribution in [0.25, 0.3) is 0 Å². The molecule has 1 atom stereocenters. The van der Waals surface area contributed by atoms with Gasteiger partial charge in [-0.15, -0.1) is 0 Å². The van der Waals surface area contributed by atoms with E-state index in [0.717, 1.165) is 0 Å². The van der Waals surface area contributed by atoms with E-state index >= 15 is 0 Å². The van der Waals surface area contributed by atoms with Crippen molar-refractivity contribution in [1.82, 2.24) is 20.3 Å². The van der Waals surface area contributed by atoms with Gasteiger partial charge in [-0.3, -0.25) is 4.79 Å². The fourth-order valence-corrected chi connectivity index (χ4v) is 2.45. The van der Waals surface area contributed by atoms with Gasteiger partial charge >= 0.3 is 0 Å². The van der Waals surface area contributed by atoms with Crippen molar-refractivity contribution >= 4 is 17.9 Å². The van der Waals surface area contributed by atoms with Crippen molar-refractivity contribution in [3.05, 3.63) is 11.3 Å². The molecule has 1 aliphatic heterocycles. The van der Waals surface area contributed by atoms with Crippen molar-refractivity contribution < 1.29 is 9.90 Å². The lowest BCUT2D eigenvalue weighted by Gasteiger charge is -2.32. The summed E-state index contributed by atoms with van der Waals surface area (Å²) in [6.45, 7) is 3.92. The summed E-state index contributed by atoms with van der Waals surface area (Å²) in [6, 6.07) is -0.484. The van der Waals surface area contributed by atoms with E-state index in [0.29, 0.717) is 24.4 Å². The van der Waals surface area contributed by atoms with Gasteiger partial charge in [0, 0.05) is 12.8 Å². The van der Waals surface area contributed by atoms with Crippen LogP contribution in [0.5, 0.6) is 0 Å². The second-order valence-electron chi connectivity index (χ2n) is 5.58. The molecule has 2 aliphatic rings. The van der Waals surface area contributed by atoms with Gasteiger partial charge in [-0.25, -0.2) is 0 Å². The van der Waals surface area contributed by atoms with E-state index in [1.54, 1.807) is 0 Å². The molecule has 0 saturated heterocycles. The zero-order valence-corrected chi connectivity index (χ0v) is 10.7. The average Bonchev–Trinajstić information content (AvgIpc) is 2.73. The van der Waals surface area contributed by atoms with Crippen molar-refractivity contribution in [2.45, 2.75) is 32.7 Å². The predicted octanol–water partition coefficient (Wildman–Crippen LogP) is 0.502. The van der Waals surface area contributed by atoms with E-state index < -0.39 is 6.04 Å². The number of anilines is 1. The number of carbonyl (C=O) groups excluding carboxylic acids is 1. The van der Waals surface area contributed by atoms with Crippen LogP contribution in [-0.4, -0.2) is 43.5 Å². The largest absolute Gasteiger partial charge is 0.512 e. The van der Waals surface area contributed by atoms with E-state index in [-0.39, 0.29) is 17.0 Å². The van der Waals surface area contributed by atoms with Gasteiger partial charge in [0.1, 0.15) is 5.76 Å². The van der Waals surface area contributed by atoms with Crippen molar-refractivity contribution in [1.29, 1.82) is 0 Å². The number of tetrazole rings is 1. The molecule has 0 radical (unpaired) electrons. The second kappa shape index (κ2) is 3.87.